The second kappa shape index (κ2) is 10.1. The fraction of sp³-hybridized carbons (Fsp3) is 0.483. The molecule has 3 fully saturated rings. The molecule has 0 radical (unpaired) electrons. The molecule has 2 saturated heterocycles. The van der Waals surface area contributed by atoms with Gasteiger partial charge in [-0.1, -0.05) is 36.4 Å². The lowest BCUT2D eigenvalue weighted by Gasteiger charge is -2.53. The van der Waals surface area contributed by atoms with Gasteiger partial charge in [0.25, 0.3) is 5.91 Å². The summed E-state index contributed by atoms with van der Waals surface area (Å²) < 4.78 is 24.9. The van der Waals surface area contributed by atoms with Crippen molar-refractivity contribution in [1.29, 1.82) is 0 Å². The normalized spacial score (nSPS) is 20.7. The Kier molecular flexibility index (Phi) is 6.71. The van der Waals surface area contributed by atoms with Gasteiger partial charge in [-0.15, -0.1) is 0 Å². The van der Waals surface area contributed by atoms with Crippen LogP contribution in [0.15, 0.2) is 48.5 Å². The zero-order valence-electron chi connectivity index (χ0n) is 22.2. The number of carbonyl (C=O) groups is 2. The molecule has 1 spiro atoms. The highest BCUT2D eigenvalue weighted by Crippen LogP contribution is 2.44. The van der Waals surface area contributed by atoms with Crippen molar-refractivity contribution in [3.63, 3.8) is 0 Å². The first-order chi connectivity index (χ1) is 18.7. The van der Waals surface area contributed by atoms with Gasteiger partial charge in [0.2, 0.25) is 15.9 Å². The first kappa shape index (κ1) is 26.0. The third-order valence-electron chi connectivity index (χ3n) is 8.90. The Morgan fingerprint density at radius 3 is 2.33 bits per heavy atom. The van der Waals surface area contributed by atoms with E-state index in [1.54, 1.807) is 0 Å². The highest BCUT2D eigenvalue weighted by molar-refractivity contribution is 7.88. The molecular formula is C29H35N5O4S. The van der Waals surface area contributed by atoms with Crippen LogP contribution in [0.25, 0.3) is 22.0 Å². The van der Waals surface area contributed by atoms with Gasteiger partial charge in [0.15, 0.2) is 5.69 Å². The molecule has 0 bridgehead atoms. The number of likely N-dealkylation sites (tertiary alicyclic amines) is 1. The van der Waals surface area contributed by atoms with Crippen LogP contribution in [0.5, 0.6) is 0 Å². The van der Waals surface area contributed by atoms with E-state index in [1.807, 2.05) is 41.3 Å². The van der Waals surface area contributed by atoms with Gasteiger partial charge in [-0.2, -0.15) is 5.10 Å². The predicted octanol–water partition coefficient (Wildman–Crippen LogP) is 3.40. The zero-order chi connectivity index (χ0) is 27.2. The van der Waals surface area contributed by atoms with E-state index in [2.05, 4.69) is 27.6 Å². The molecule has 9 nitrogen and oxygen atoms in total. The van der Waals surface area contributed by atoms with Crippen molar-refractivity contribution in [3.05, 3.63) is 54.2 Å². The van der Waals surface area contributed by atoms with Crippen LogP contribution in [-0.4, -0.2) is 78.1 Å². The van der Waals surface area contributed by atoms with Gasteiger partial charge >= 0.3 is 0 Å². The number of fused-ring (bicyclic) bond motifs is 1. The smallest absolute Gasteiger partial charge is 0.275 e. The lowest BCUT2D eigenvalue weighted by Crippen LogP contribution is -2.60. The summed E-state index contributed by atoms with van der Waals surface area (Å²) >= 11 is 0. The maximum atomic E-state index is 13.3. The van der Waals surface area contributed by atoms with E-state index in [0.717, 1.165) is 60.8 Å². The van der Waals surface area contributed by atoms with E-state index in [0.29, 0.717) is 31.6 Å². The number of hydrogen-bond acceptors (Lipinski definition) is 5. The molecule has 3 aliphatic rings. The van der Waals surface area contributed by atoms with Crippen molar-refractivity contribution in [1.82, 2.24) is 24.7 Å². The lowest BCUT2D eigenvalue weighted by molar-refractivity contribution is -0.127. The van der Waals surface area contributed by atoms with Crippen LogP contribution in [-0.2, 0) is 14.8 Å². The van der Waals surface area contributed by atoms with Crippen LogP contribution in [0.4, 0.5) is 0 Å². The van der Waals surface area contributed by atoms with Crippen LogP contribution in [0.2, 0.25) is 0 Å². The fourth-order valence-electron chi connectivity index (χ4n) is 6.51. The van der Waals surface area contributed by atoms with Crippen LogP contribution in [0.1, 0.15) is 49.0 Å². The SMILES string of the molecule is CS(=O)(=O)N1CCC(C(=O)NC2CCC3(CC2)CN(C(=O)c2n[nH]c4cc(-c5ccccc5)ccc24)C3)CC1. The van der Waals surface area contributed by atoms with Crippen molar-refractivity contribution >= 4 is 32.7 Å². The standard InChI is InChI=1S/C29H35N5O4S/c1-39(37,38)34-15-11-21(12-16-34)27(35)30-23-9-13-29(14-10-23)18-33(19-29)28(36)26-24-8-7-22(17-25(24)31-32-26)20-5-3-2-4-6-20/h2-8,17,21,23H,9-16,18-19H2,1H3,(H,30,35)(H,31,32). The average molecular weight is 550 g/mol. The van der Waals surface area contributed by atoms with Gasteiger partial charge in [-0.25, -0.2) is 12.7 Å². The Labute approximate surface area is 229 Å². The predicted molar refractivity (Wildman–Crippen MR) is 149 cm³/mol. The summed E-state index contributed by atoms with van der Waals surface area (Å²) in [5, 5.41) is 11.5. The van der Waals surface area contributed by atoms with Crippen molar-refractivity contribution in [3.8, 4) is 11.1 Å². The summed E-state index contributed by atoms with van der Waals surface area (Å²) in [6, 6.07) is 16.3. The Balaban J connectivity index is 1.00. The maximum absolute atomic E-state index is 13.3. The van der Waals surface area contributed by atoms with Crippen LogP contribution in [0.3, 0.4) is 0 Å². The molecule has 10 heteroatoms. The number of benzene rings is 2. The molecule has 2 N–H and O–H groups in total. The van der Waals surface area contributed by atoms with E-state index >= 15 is 0 Å². The summed E-state index contributed by atoms with van der Waals surface area (Å²) in [4.78, 5) is 28.0. The molecule has 1 aromatic heterocycles. The molecule has 206 valence electrons. The first-order valence-electron chi connectivity index (χ1n) is 13.8. The van der Waals surface area contributed by atoms with Gasteiger partial charge in [0, 0.05) is 48.9 Å². The third kappa shape index (κ3) is 5.19. The highest BCUT2D eigenvalue weighted by Gasteiger charge is 2.47. The van der Waals surface area contributed by atoms with Crippen LogP contribution >= 0.6 is 0 Å². The lowest BCUT2D eigenvalue weighted by atomic mass is 9.67. The Morgan fingerprint density at radius 2 is 1.67 bits per heavy atom. The third-order valence-corrected chi connectivity index (χ3v) is 10.2. The minimum atomic E-state index is -3.19. The molecule has 0 atom stereocenters. The molecule has 1 aliphatic carbocycles. The molecular weight excluding hydrogens is 514 g/mol. The fourth-order valence-corrected chi connectivity index (χ4v) is 7.38. The summed E-state index contributed by atoms with van der Waals surface area (Å²) in [7, 11) is -3.19. The maximum Gasteiger partial charge on any atom is 0.275 e. The summed E-state index contributed by atoms with van der Waals surface area (Å²) in [5.74, 6) is -0.103. The molecule has 3 heterocycles. The van der Waals surface area contributed by atoms with Gasteiger partial charge in [0.1, 0.15) is 0 Å². The van der Waals surface area contributed by atoms with E-state index < -0.39 is 10.0 Å². The average Bonchev–Trinajstić information content (AvgIpc) is 3.35. The second-order valence-corrected chi connectivity index (χ2v) is 13.6. The second-order valence-electron chi connectivity index (χ2n) is 11.6. The summed E-state index contributed by atoms with van der Waals surface area (Å²) in [6.07, 6.45) is 6.14. The number of carbonyl (C=O) groups excluding carboxylic acids is 2. The van der Waals surface area contributed by atoms with Gasteiger partial charge in [-0.05, 0) is 61.8 Å². The Bertz CT molecular complexity index is 1480. The Hall–Kier alpha value is -3.24. The number of rotatable bonds is 5. The minimum Gasteiger partial charge on any atom is -0.353 e. The van der Waals surface area contributed by atoms with E-state index in [1.165, 1.54) is 10.6 Å². The molecule has 3 aromatic rings. The number of sulfonamides is 1. The summed E-state index contributed by atoms with van der Waals surface area (Å²) in [6.45, 7) is 2.28. The molecule has 39 heavy (non-hydrogen) atoms. The molecule has 2 amide bonds. The Morgan fingerprint density at radius 1 is 0.974 bits per heavy atom. The highest BCUT2D eigenvalue weighted by atomic mass is 32.2. The van der Waals surface area contributed by atoms with Crippen molar-refractivity contribution in [2.24, 2.45) is 11.3 Å². The van der Waals surface area contributed by atoms with Crippen molar-refractivity contribution in [2.45, 2.75) is 44.6 Å². The van der Waals surface area contributed by atoms with Gasteiger partial charge in [-0.3, -0.25) is 14.7 Å². The number of hydrogen-bond donors (Lipinski definition) is 2. The molecule has 1 saturated carbocycles. The number of nitrogens with zero attached hydrogens (tertiary/aromatic N) is 3. The number of piperidine rings is 1. The largest absolute Gasteiger partial charge is 0.353 e. The molecule has 2 aromatic carbocycles. The quantitative estimate of drug-likeness (QED) is 0.506. The van der Waals surface area contributed by atoms with Crippen LogP contribution in [0, 0.1) is 11.3 Å². The molecule has 0 unspecified atom stereocenters. The van der Waals surface area contributed by atoms with E-state index in [-0.39, 0.29) is 29.2 Å². The van der Waals surface area contributed by atoms with E-state index in [4.69, 9.17) is 0 Å². The molecule has 2 aliphatic heterocycles. The summed E-state index contributed by atoms with van der Waals surface area (Å²) in [5.41, 5.74) is 3.66. The molecule has 6 rings (SSSR count). The topological polar surface area (TPSA) is 115 Å². The monoisotopic (exact) mass is 549 g/mol. The van der Waals surface area contributed by atoms with Crippen LogP contribution < -0.4 is 5.32 Å². The first-order valence-corrected chi connectivity index (χ1v) is 15.6. The number of amides is 2. The van der Waals surface area contributed by atoms with Gasteiger partial charge in [0.05, 0.1) is 11.8 Å². The van der Waals surface area contributed by atoms with Gasteiger partial charge < -0.3 is 10.2 Å². The van der Waals surface area contributed by atoms with Crippen molar-refractivity contribution in [2.75, 3.05) is 32.4 Å². The minimum absolute atomic E-state index is 0.0322. The number of H-pyrrole nitrogens is 1. The van der Waals surface area contributed by atoms with Crippen molar-refractivity contribution < 1.29 is 18.0 Å². The number of aromatic amines is 1. The number of aromatic nitrogens is 2. The number of nitrogens with one attached hydrogen (secondary N) is 2. The zero-order valence-corrected chi connectivity index (χ0v) is 23.0. The van der Waals surface area contributed by atoms with E-state index in [9.17, 15) is 18.0 Å².